The Kier molecular flexibility index (Phi) is 8.45. The van der Waals surface area contributed by atoms with Crippen LogP contribution < -0.4 is 16.0 Å². The third-order valence-corrected chi connectivity index (χ3v) is 4.33. The summed E-state index contributed by atoms with van der Waals surface area (Å²) in [6.45, 7) is 6.88. The maximum Gasteiger partial charge on any atom is 0.408 e. The zero-order valence-corrected chi connectivity index (χ0v) is 17.4. The van der Waals surface area contributed by atoms with E-state index in [0.717, 1.165) is 37.3 Å². The lowest BCUT2D eigenvalue weighted by molar-refractivity contribution is -0.120. The summed E-state index contributed by atoms with van der Waals surface area (Å²) in [4.78, 5) is 35.5. The highest BCUT2D eigenvalue weighted by Crippen LogP contribution is 2.19. The molecule has 1 aromatic carbocycles. The van der Waals surface area contributed by atoms with E-state index in [2.05, 4.69) is 16.0 Å². The fourth-order valence-corrected chi connectivity index (χ4v) is 2.86. The second-order valence-corrected chi connectivity index (χ2v) is 8.14. The molecule has 0 radical (unpaired) electrons. The van der Waals surface area contributed by atoms with E-state index in [-0.39, 0.29) is 18.4 Å². The molecule has 0 aromatic heterocycles. The lowest BCUT2D eigenvalue weighted by Crippen LogP contribution is -2.39. The Morgan fingerprint density at radius 2 is 1.69 bits per heavy atom. The van der Waals surface area contributed by atoms with Crippen LogP contribution in [-0.4, -0.2) is 43.3 Å². The summed E-state index contributed by atoms with van der Waals surface area (Å²) in [5, 5.41) is 8.04. The van der Waals surface area contributed by atoms with Crippen LogP contribution in [0.1, 0.15) is 45.6 Å². The maximum atomic E-state index is 12.1. The SMILES string of the molecule is CC(C)(C)OC(=O)NCC(=O)NCc1ccc(NC(=O)CC2CCOCC2)cc1. The van der Waals surface area contributed by atoms with Crippen molar-refractivity contribution in [2.75, 3.05) is 25.1 Å². The Labute approximate surface area is 171 Å². The van der Waals surface area contributed by atoms with E-state index in [1.54, 1.807) is 20.8 Å². The number of rotatable bonds is 7. The van der Waals surface area contributed by atoms with Crippen LogP contribution in [0.2, 0.25) is 0 Å². The van der Waals surface area contributed by atoms with E-state index < -0.39 is 11.7 Å². The molecule has 0 spiro atoms. The van der Waals surface area contributed by atoms with E-state index in [1.165, 1.54) is 0 Å². The molecule has 1 saturated heterocycles. The molecule has 1 aliphatic heterocycles. The van der Waals surface area contributed by atoms with Crippen LogP contribution >= 0.6 is 0 Å². The zero-order valence-electron chi connectivity index (χ0n) is 17.4. The van der Waals surface area contributed by atoms with Gasteiger partial charge in [-0.3, -0.25) is 9.59 Å². The minimum atomic E-state index is -0.631. The highest BCUT2D eigenvalue weighted by atomic mass is 16.6. The van der Waals surface area contributed by atoms with E-state index in [9.17, 15) is 14.4 Å². The normalized spacial score (nSPS) is 14.7. The van der Waals surface area contributed by atoms with Crippen molar-refractivity contribution < 1.29 is 23.9 Å². The Hall–Kier alpha value is -2.61. The Morgan fingerprint density at radius 1 is 1.03 bits per heavy atom. The molecule has 160 valence electrons. The van der Waals surface area contributed by atoms with Gasteiger partial charge in [0.05, 0.1) is 0 Å². The number of alkyl carbamates (subject to hydrolysis) is 1. The number of hydrogen-bond donors (Lipinski definition) is 3. The molecule has 1 fully saturated rings. The topological polar surface area (TPSA) is 106 Å². The van der Waals surface area contributed by atoms with Gasteiger partial charge in [-0.15, -0.1) is 0 Å². The fourth-order valence-electron chi connectivity index (χ4n) is 2.86. The van der Waals surface area contributed by atoms with Crippen LogP contribution in [0.25, 0.3) is 0 Å². The average molecular weight is 405 g/mol. The summed E-state index contributed by atoms with van der Waals surface area (Å²) in [6.07, 6.45) is 1.73. The fraction of sp³-hybridized carbons (Fsp3) is 0.571. The van der Waals surface area contributed by atoms with Gasteiger partial charge in [-0.2, -0.15) is 0 Å². The van der Waals surface area contributed by atoms with Gasteiger partial charge in [-0.1, -0.05) is 12.1 Å². The number of carbonyl (C=O) groups is 3. The van der Waals surface area contributed by atoms with Crippen molar-refractivity contribution in [1.82, 2.24) is 10.6 Å². The Bertz CT molecular complexity index is 691. The van der Waals surface area contributed by atoms with Crippen molar-refractivity contribution in [3.8, 4) is 0 Å². The summed E-state index contributed by atoms with van der Waals surface area (Å²) in [7, 11) is 0. The number of carbonyl (C=O) groups excluding carboxylic acids is 3. The van der Waals surface area contributed by atoms with E-state index in [4.69, 9.17) is 9.47 Å². The van der Waals surface area contributed by atoms with Crippen LogP contribution in [0.15, 0.2) is 24.3 Å². The van der Waals surface area contributed by atoms with Crippen LogP contribution in [0.5, 0.6) is 0 Å². The minimum Gasteiger partial charge on any atom is -0.444 e. The number of ether oxygens (including phenoxy) is 2. The molecule has 0 aliphatic carbocycles. The van der Waals surface area contributed by atoms with E-state index >= 15 is 0 Å². The van der Waals surface area contributed by atoms with Crippen LogP contribution in [0, 0.1) is 5.92 Å². The Morgan fingerprint density at radius 3 is 2.31 bits per heavy atom. The molecule has 8 heteroatoms. The molecule has 2 rings (SSSR count). The summed E-state index contributed by atoms with van der Waals surface area (Å²) in [5.74, 6) is 0.0726. The predicted molar refractivity (Wildman–Crippen MR) is 109 cm³/mol. The molecule has 0 unspecified atom stereocenters. The number of anilines is 1. The second kappa shape index (κ2) is 10.8. The summed E-state index contributed by atoms with van der Waals surface area (Å²) < 4.78 is 10.4. The molecular formula is C21H31N3O5. The molecule has 8 nitrogen and oxygen atoms in total. The standard InChI is InChI=1S/C21H31N3O5/c1-21(2,3)29-20(27)23-14-19(26)22-13-16-4-6-17(7-5-16)24-18(25)12-15-8-10-28-11-9-15/h4-7,15H,8-14H2,1-3H3,(H,22,26)(H,23,27)(H,24,25). The number of nitrogens with one attached hydrogen (secondary N) is 3. The highest BCUT2D eigenvalue weighted by molar-refractivity contribution is 5.90. The van der Waals surface area contributed by atoms with Gasteiger partial charge >= 0.3 is 6.09 Å². The number of benzene rings is 1. The molecule has 0 bridgehead atoms. The molecule has 29 heavy (non-hydrogen) atoms. The third-order valence-electron chi connectivity index (χ3n) is 4.33. The van der Waals surface area contributed by atoms with E-state index in [0.29, 0.717) is 18.9 Å². The molecular weight excluding hydrogens is 374 g/mol. The molecule has 1 heterocycles. The smallest absolute Gasteiger partial charge is 0.408 e. The van der Waals surface area contributed by atoms with Gasteiger partial charge < -0.3 is 25.4 Å². The van der Waals surface area contributed by atoms with Crippen molar-refractivity contribution in [2.45, 2.75) is 52.2 Å². The van der Waals surface area contributed by atoms with Gasteiger partial charge in [0, 0.05) is 31.9 Å². The van der Waals surface area contributed by atoms with Crippen molar-refractivity contribution >= 4 is 23.6 Å². The monoisotopic (exact) mass is 405 g/mol. The second-order valence-electron chi connectivity index (χ2n) is 8.14. The first kappa shape index (κ1) is 22.7. The summed E-state index contributed by atoms with van der Waals surface area (Å²) in [5.41, 5.74) is 1.00. The van der Waals surface area contributed by atoms with Crippen LogP contribution in [0.4, 0.5) is 10.5 Å². The van der Waals surface area contributed by atoms with Gasteiger partial charge in [-0.05, 0) is 57.2 Å². The average Bonchev–Trinajstić information content (AvgIpc) is 2.65. The first-order chi connectivity index (χ1) is 13.7. The number of amides is 3. The van der Waals surface area contributed by atoms with Crippen LogP contribution in [0.3, 0.4) is 0 Å². The first-order valence-corrected chi connectivity index (χ1v) is 9.91. The maximum absolute atomic E-state index is 12.1. The molecule has 3 N–H and O–H groups in total. The quantitative estimate of drug-likeness (QED) is 0.647. The van der Waals surface area contributed by atoms with Crippen molar-refractivity contribution in [3.05, 3.63) is 29.8 Å². The lowest BCUT2D eigenvalue weighted by Gasteiger charge is -2.21. The van der Waals surface area contributed by atoms with Gasteiger partial charge in [0.15, 0.2) is 0 Å². The van der Waals surface area contributed by atoms with Crippen LogP contribution in [-0.2, 0) is 25.6 Å². The van der Waals surface area contributed by atoms with Gasteiger partial charge in [0.25, 0.3) is 0 Å². The first-order valence-electron chi connectivity index (χ1n) is 9.91. The summed E-state index contributed by atoms with van der Waals surface area (Å²) in [6, 6.07) is 7.29. The minimum absolute atomic E-state index is 0.00571. The molecule has 3 amide bonds. The highest BCUT2D eigenvalue weighted by Gasteiger charge is 2.18. The lowest BCUT2D eigenvalue weighted by atomic mass is 9.96. The van der Waals surface area contributed by atoms with Crippen molar-refractivity contribution in [3.63, 3.8) is 0 Å². The number of hydrogen-bond acceptors (Lipinski definition) is 5. The molecule has 0 atom stereocenters. The molecule has 0 saturated carbocycles. The predicted octanol–water partition coefficient (Wildman–Crippen LogP) is 2.58. The molecule has 1 aliphatic rings. The van der Waals surface area contributed by atoms with E-state index in [1.807, 2.05) is 24.3 Å². The van der Waals surface area contributed by atoms with Crippen molar-refractivity contribution in [2.24, 2.45) is 5.92 Å². The van der Waals surface area contributed by atoms with Crippen molar-refractivity contribution in [1.29, 1.82) is 0 Å². The zero-order chi connectivity index (χ0) is 21.3. The Balaban J connectivity index is 1.68. The van der Waals surface area contributed by atoms with Gasteiger partial charge in [0.2, 0.25) is 11.8 Å². The molecule has 1 aromatic rings. The van der Waals surface area contributed by atoms with Gasteiger partial charge in [0.1, 0.15) is 12.1 Å². The third kappa shape index (κ3) is 9.43. The van der Waals surface area contributed by atoms with Gasteiger partial charge in [-0.25, -0.2) is 4.79 Å². The summed E-state index contributed by atoms with van der Waals surface area (Å²) >= 11 is 0. The largest absolute Gasteiger partial charge is 0.444 e.